The highest BCUT2D eigenvalue weighted by Gasteiger charge is 2.37. The highest BCUT2D eigenvalue weighted by Crippen LogP contribution is 2.36. The van der Waals surface area contributed by atoms with Gasteiger partial charge in [0.15, 0.2) is 5.82 Å². The number of alkyl halides is 6. The van der Waals surface area contributed by atoms with Crippen LogP contribution in [0, 0.1) is 6.92 Å². The molecule has 1 aromatic heterocycles. The van der Waals surface area contributed by atoms with E-state index in [1.54, 1.807) is 32.7 Å². The van der Waals surface area contributed by atoms with Gasteiger partial charge in [-0.2, -0.15) is 31.4 Å². The normalized spacial score (nSPS) is 15.2. The molecule has 1 heterocycles. The molecule has 1 aliphatic carbocycles. The van der Waals surface area contributed by atoms with E-state index in [4.69, 9.17) is 0 Å². The Hall–Kier alpha value is -3.71. The number of aliphatic imine (C=N–C) groups is 1. The topological polar surface area (TPSA) is 92.5 Å². The lowest BCUT2D eigenvalue weighted by Crippen LogP contribution is -2.30. The lowest BCUT2D eigenvalue weighted by Gasteiger charge is -2.17. The predicted octanol–water partition coefficient (Wildman–Crippen LogP) is 5.93. The van der Waals surface area contributed by atoms with Gasteiger partial charge in [-0.15, -0.1) is 0 Å². The van der Waals surface area contributed by atoms with E-state index < -0.39 is 41.0 Å². The molecule has 1 saturated carbocycles. The summed E-state index contributed by atoms with van der Waals surface area (Å²) in [4.78, 5) is 35.3. The summed E-state index contributed by atoms with van der Waals surface area (Å²) in [5.74, 6) is -0.674. The molecular formula is C26H32F6N6O2. The summed E-state index contributed by atoms with van der Waals surface area (Å²) in [5, 5.41) is 6.57. The maximum atomic E-state index is 13.2. The first-order chi connectivity index (χ1) is 18.5. The molecule has 40 heavy (non-hydrogen) atoms. The molecule has 1 fully saturated rings. The SMILES string of the molecule is CC.CC(=N/C=C(\C)C(=O)N(C)C1CC1)n1nc(C)nc1C(C)NC(=O)c1cc(C(F)(F)F)cc(C(F)(F)F)c1. The van der Waals surface area contributed by atoms with Crippen LogP contribution < -0.4 is 5.32 Å². The van der Waals surface area contributed by atoms with E-state index in [1.165, 1.54) is 17.8 Å². The molecule has 0 aliphatic heterocycles. The van der Waals surface area contributed by atoms with Gasteiger partial charge >= 0.3 is 12.4 Å². The van der Waals surface area contributed by atoms with Crippen LogP contribution in [0.5, 0.6) is 0 Å². The van der Waals surface area contributed by atoms with Crippen molar-refractivity contribution in [3.8, 4) is 0 Å². The summed E-state index contributed by atoms with van der Waals surface area (Å²) in [6.45, 7) is 10.2. The number of hydrogen-bond acceptors (Lipinski definition) is 5. The molecule has 3 rings (SSSR count). The van der Waals surface area contributed by atoms with Crippen LogP contribution in [-0.2, 0) is 17.1 Å². The summed E-state index contributed by atoms with van der Waals surface area (Å²) in [5.41, 5.74) is -3.64. The maximum absolute atomic E-state index is 13.2. The number of halogens is 6. The first-order valence-corrected chi connectivity index (χ1v) is 12.5. The predicted molar refractivity (Wildman–Crippen MR) is 136 cm³/mol. The fourth-order valence-electron chi connectivity index (χ4n) is 3.59. The number of benzene rings is 1. The van der Waals surface area contributed by atoms with E-state index in [0.717, 1.165) is 12.8 Å². The van der Waals surface area contributed by atoms with Gasteiger partial charge in [0.25, 0.3) is 11.8 Å². The minimum absolute atomic E-state index is 0.0529. The Morgan fingerprint density at radius 3 is 2.08 bits per heavy atom. The highest BCUT2D eigenvalue weighted by atomic mass is 19.4. The molecular weight excluding hydrogens is 542 g/mol. The average molecular weight is 575 g/mol. The molecule has 1 atom stereocenters. The third-order valence-corrected chi connectivity index (χ3v) is 5.83. The van der Waals surface area contributed by atoms with Crippen molar-refractivity contribution in [3.05, 3.63) is 58.3 Å². The maximum Gasteiger partial charge on any atom is 0.416 e. The largest absolute Gasteiger partial charge is 0.416 e. The molecule has 0 spiro atoms. The summed E-state index contributed by atoms with van der Waals surface area (Å²) < 4.78 is 80.3. The van der Waals surface area contributed by atoms with Gasteiger partial charge in [0.2, 0.25) is 0 Å². The smallest absolute Gasteiger partial charge is 0.342 e. The van der Waals surface area contributed by atoms with Crippen molar-refractivity contribution in [1.29, 1.82) is 0 Å². The number of nitrogens with zero attached hydrogens (tertiary/aromatic N) is 5. The third-order valence-electron chi connectivity index (χ3n) is 5.83. The molecule has 2 aromatic rings. The molecule has 0 radical (unpaired) electrons. The zero-order chi connectivity index (χ0) is 30.6. The van der Waals surface area contributed by atoms with Gasteiger partial charge in [0.1, 0.15) is 11.7 Å². The molecule has 2 amide bonds. The number of aryl methyl sites for hydroxylation is 1. The Morgan fingerprint density at radius 2 is 1.60 bits per heavy atom. The zero-order valence-electron chi connectivity index (χ0n) is 23.2. The molecule has 14 heteroatoms. The van der Waals surface area contributed by atoms with E-state index in [0.29, 0.717) is 17.7 Å². The molecule has 1 aromatic carbocycles. The third kappa shape index (κ3) is 8.15. The fraction of sp³-hybridized carbons (Fsp3) is 0.500. The van der Waals surface area contributed by atoms with Gasteiger partial charge in [-0.1, -0.05) is 13.8 Å². The number of nitrogens with one attached hydrogen (secondary N) is 1. The summed E-state index contributed by atoms with van der Waals surface area (Å²) in [6.07, 6.45) is -6.93. The summed E-state index contributed by atoms with van der Waals surface area (Å²) in [6, 6.07) is -0.116. The lowest BCUT2D eigenvalue weighted by molar-refractivity contribution is -0.143. The van der Waals surface area contributed by atoms with E-state index >= 15 is 0 Å². The first-order valence-electron chi connectivity index (χ1n) is 12.5. The van der Waals surface area contributed by atoms with Crippen molar-refractivity contribution in [2.45, 2.75) is 78.8 Å². The molecule has 220 valence electrons. The minimum atomic E-state index is -5.09. The number of rotatable bonds is 6. The average Bonchev–Trinajstić information content (AvgIpc) is 3.66. The van der Waals surface area contributed by atoms with E-state index in [9.17, 15) is 35.9 Å². The first kappa shape index (κ1) is 32.5. The van der Waals surface area contributed by atoms with Crippen molar-refractivity contribution in [2.75, 3.05) is 7.05 Å². The fourth-order valence-corrected chi connectivity index (χ4v) is 3.59. The van der Waals surface area contributed by atoms with Gasteiger partial charge in [-0.05, 0) is 58.7 Å². The van der Waals surface area contributed by atoms with Crippen LogP contribution in [0.3, 0.4) is 0 Å². The van der Waals surface area contributed by atoms with E-state index in [1.807, 2.05) is 13.8 Å². The Balaban J connectivity index is 0.00000274. The Labute approximate surface area is 228 Å². The van der Waals surface area contributed by atoms with Gasteiger partial charge in [-0.3, -0.25) is 9.59 Å². The van der Waals surface area contributed by atoms with Gasteiger partial charge < -0.3 is 10.2 Å². The van der Waals surface area contributed by atoms with Crippen LogP contribution in [0.15, 0.2) is 35.0 Å². The van der Waals surface area contributed by atoms with Gasteiger partial charge in [0, 0.05) is 30.4 Å². The van der Waals surface area contributed by atoms with Crippen molar-refractivity contribution < 1.29 is 35.9 Å². The zero-order valence-corrected chi connectivity index (χ0v) is 23.2. The minimum Gasteiger partial charge on any atom is -0.342 e. The molecule has 8 nitrogen and oxygen atoms in total. The van der Waals surface area contributed by atoms with Crippen molar-refractivity contribution >= 4 is 17.6 Å². The molecule has 1 unspecified atom stereocenters. The van der Waals surface area contributed by atoms with E-state index in [-0.39, 0.29) is 35.5 Å². The van der Waals surface area contributed by atoms with Gasteiger partial charge in [0.05, 0.1) is 17.2 Å². The number of carbonyl (C=O) groups is 2. The molecule has 1 N–H and O–H groups in total. The second kappa shape index (κ2) is 12.6. The van der Waals surface area contributed by atoms with E-state index in [2.05, 4.69) is 20.4 Å². The van der Waals surface area contributed by atoms with Crippen molar-refractivity contribution in [2.24, 2.45) is 4.99 Å². The van der Waals surface area contributed by atoms with Crippen molar-refractivity contribution in [3.63, 3.8) is 0 Å². The molecule has 1 aliphatic rings. The Morgan fingerprint density at radius 1 is 1.07 bits per heavy atom. The quantitative estimate of drug-likeness (QED) is 0.200. The number of aromatic nitrogens is 3. The van der Waals surface area contributed by atoms with Crippen LogP contribution in [0.2, 0.25) is 0 Å². The summed E-state index contributed by atoms with van der Waals surface area (Å²) >= 11 is 0. The molecule has 0 bridgehead atoms. The van der Waals surface area contributed by atoms with Crippen molar-refractivity contribution in [1.82, 2.24) is 25.0 Å². The van der Waals surface area contributed by atoms with Crippen LogP contribution in [-0.4, -0.2) is 50.4 Å². The van der Waals surface area contributed by atoms with Crippen LogP contribution >= 0.6 is 0 Å². The summed E-state index contributed by atoms with van der Waals surface area (Å²) in [7, 11) is 1.71. The van der Waals surface area contributed by atoms with Crippen LogP contribution in [0.4, 0.5) is 26.3 Å². The standard InChI is InChI=1S/C24H26F6N6O2.C2H6/c1-12(22(38)35(5)19-6-7-19)11-31-15(4)36-20(33-14(3)34-36)13(2)32-21(37)16-8-17(23(25,26)27)10-18(9-16)24(28,29)30;1-2/h8-11,13,19H,6-7H2,1-5H3,(H,32,37);1-2H3/b12-11+,31-15?;. The number of likely N-dealkylation sites (N-methyl/N-ethyl adjacent to an activating group) is 1. The van der Waals surface area contributed by atoms with Crippen LogP contribution in [0.1, 0.15) is 86.6 Å². The monoisotopic (exact) mass is 574 g/mol. The highest BCUT2D eigenvalue weighted by molar-refractivity contribution is 5.95. The number of hydrogen-bond donors (Lipinski definition) is 1. The second-order valence-corrected chi connectivity index (χ2v) is 9.05. The Kier molecular flexibility index (Phi) is 10.3. The molecule has 0 saturated heterocycles. The Bertz CT molecular complexity index is 1260. The lowest BCUT2D eigenvalue weighted by atomic mass is 10.0. The number of carbonyl (C=O) groups excluding carboxylic acids is 2. The second-order valence-electron chi connectivity index (χ2n) is 9.05. The number of amides is 2. The van der Waals surface area contributed by atoms with Gasteiger partial charge in [-0.25, -0.2) is 14.7 Å². The van der Waals surface area contributed by atoms with Crippen LogP contribution in [0.25, 0.3) is 0 Å².